The van der Waals surface area contributed by atoms with Crippen LogP contribution in [0.5, 0.6) is 0 Å². The Bertz CT molecular complexity index is 1270. The van der Waals surface area contributed by atoms with Crippen molar-refractivity contribution in [3.8, 4) is 5.69 Å². The number of benzene rings is 2. The van der Waals surface area contributed by atoms with Crippen LogP contribution in [0.25, 0.3) is 5.69 Å². The maximum absolute atomic E-state index is 14.1. The zero-order valence-electron chi connectivity index (χ0n) is 21.1. The van der Waals surface area contributed by atoms with E-state index in [1.54, 1.807) is 17.9 Å². The van der Waals surface area contributed by atoms with Gasteiger partial charge in [-0.1, -0.05) is 35.9 Å². The van der Waals surface area contributed by atoms with Crippen LogP contribution in [0.15, 0.2) is 48.5 Å². The number of hydrogen-bond donors (Lipinski definition) is 3. The van der Waals surface area contributed by atoms with Crippen LogP contribution >= 0.6 is 11.6 Å². The number of methoxy groups -OCH3 is 1. The van der Waals surface area contributed by atoms with E-state index in [1.165, 1.54) is 6.07 Å². The number of urea groups is 1. The molecule has 8 nitrogen and oxygen atoms in total. The van der Waals surface area contributed by atoms with E-state index in [-0.39, 0.29) is 18.0 Å². The van der Waals surface area contributed by atoms with Gasteiger partial charge in [0, 0.05) is 32.7 Å². The highest BCUT2D eigenvalue weighted by atomic mass is 35.5. The number of halogens is 3. The maximum atomic E-state index is 14.1. The lowest BCUT2D eigenvalue weighted by Gasteiger charge is -2.21. The summed E-state index contributed by atoms with van der Waals surface area (Å²) in [6.45, 7) is 3.16. The molecule has 0 saturated carbocycles. The molecule has 0 spiro atoms. The maximum Gasteiger partial charge on any atom is 0.320 e. The van der Waals surface area contributed by atoms with Gasteiger partial charge in [0.2, 0.25) is 0 Å². The summed E-state index contributed by atoms with van der Waals surface area (Å²) in [7, 11) is 1.63. The quantitative estimate of drug-likeness (QED) is 0.390. The van der Waals surface area contributed by atoms with Crippen LogP contribution in [-0.2, 0) is 4.74 Å². The van der Waals surface area contributed by atoms with E-state index >= 15 is 0 Å². The highest BCUT2D eigenvalue weighted by Crippen LogP contribution is 2.35. The van der Waals surface area contributed by atoms with E-state index < -0.39 is 17.7 Å². The summed E-state index contributed by atoms with van der Waals surface area (Å²) in [5.41, 5.74) is 2.07. The third-order valence-electron chi connectivity index (χ3n) is 7.17. The predicted molar refractivity (Wildman–Crippen MR) is 142 cm³/mol. The number of para-hydroxylation sites is 1. The van der Waals surface area contributed by atoms with Crippen molar-refractivity contribution in [2.24, 2.45) is 0 Å². The van der Waals surface area contributed by atoms with Gasteiger partial charge in [0.1, 0.15) is 10.7 Å². The molecule has 11 heteroatoms. The van der Waals surface area contributed by atoms with E-state index in [0.29, 0.717) is 48.3 Å². The summed E-state index contributed by atoms with van der Waals surface area (Å²) in [6, 6.07) is 12.6. The Kier molecular flexibility index (Phi) is 8.23. The van der Waals surface area contributed by atoms with Crippen LogP contribution in [0.2, 0.25) is 5.02 Å². The van der Waals surface area contributed by atoms with Crippen LogP contribution in [0.4, 0.5) is 19.4 Å². The Labute approximate surface area is 225 Å². The normalized spacial score (nSPS) is 21.6. The molecular formula is C27H31ClF2N6O2. The number of ether oxygens (including phenoxy) is 1. The highest BCUT2D eigenvalue weighted by molar-refractivity contribution is 6.34. The second-order valence-electron chi connectivity index (χ2n) is 9.68. The molecule has 3 aromatic rings. The average molecular weight is 545 g/mol. The second kappa shape index (κ2) is 11.8. The molecule has 2 fully saturated rings. The first-order valence-corrected chi connectivity index (χ1v) is 13.1. The molecule has 2 saturated heterocycles. The molecule has 2 aliphatic rings. The first-order valence-electron chi connectivity index (χ1n) is 12.8. The summed E-state index contributed by atoms with van der Waals surface area (Å²) in [6.07, 6.45) is 1.93. The minimum absolute atomic E-state index is 0.0120. The third kappa shape index (κ3) is 5.68. The van der Waals surface area contributed by atoms with Gasteiger partial charge >= 0.3 is 6.03 Å². The molecule has 3 unspecified atom stereocenters. The number of anilines is 1. The smallest absolute Gasteiger partial charge is 0.320 e. The molecule has 2 aromatic carbocycles. The Morgan fingerprint density at radius 2 is 2.00 bits per heavy atom. The van der Waals surface area contributed by atoms with Crippen molar-refractivity contribution in [2.45, 2.75) is 30.8 Å². The van der Waals surface area contributed by atoms with Crippen LogP contribution in [-0.4, -0.2) is 66.6 Å². The van der Waals surface area contributed by atoms with Gasteiger partial charge in [-0.3, -0.25) is 10.2 Å². The van der Waals surface area contributed by atoms with E-state index in [1.807, 2.05) is 30.3 Å². The fraction of sp³-hybridized carbons (Fsp3) is 0.407. The minimum Gasteiger partial charge on any atom is -0.383 e. The van der Waals surface area contributed by atoms with E-state index in [2.05, 4.69) is 20.9 Å². The van der Waals surface area contributed by atoms with Crippen LogP contribution in [0, 0.1) is 11.6 Å². The number of likely N-dealkylation sites (tertiary alicyclic amines) is 1. The van der Waals surface area contributed by atoms with Gasteiger partial charge in [-0.15, -0.1) is 0 Å². The van der Waals surface area contributed by atoms with Gasteiger partial charge < -0.3 is 15.4 Å². The Morgan fingerprint density at radius 1 is 1.18 bits per heavy atom. The van der Waals surface area contributed by atoms with Crippen molar-refractivity contribution in [3.63, 3.8) is 0 Å². The molecule has 3 heterocycles. The van der Waals surface area contributed by atoms with E-state index in [9.17, 15) is 13.6 Å². The lowest BCUT2D eigenvalue weighted by molar-refractivity contribution is 0.159. The lowest BCUT2D eigenvalue weighted by atomic mass is 9.94. The number of aromatic nitrogens is 2. The zero-order chi connectivity index (χ0) is 26.6. The van der Waals surface area contributed by atoms with Crippen LogP contribution < -0.4 is 16.0 Å². The largest absolute Gasteiger partial charge is 0.383 e. The number of rotatable bonds is 8. The molecule has 0 radical (unpaired) electrons. The topological polar surface area (TPSA) is 83.4 Å². The predicted octanol–water partition coefficient (Wildman–Crippen LogP) is 4.46. The number of nitrogens with one attached hydrogen (secondary N) is 3. The van der Waals surface area contributed by atoms with Crippen molar-refractivity contribution < 1.29 is 18.3 Å². The number of carbonyl (C=O) groups is 1. The lowest BCUT2D eigenvalue weighted by Crippen LogP contribution is -2.42. The van der Waals surface area contributed by atoms with Crippen molar-refractivity contribution >= 4 is 23.4 Å². The molecule has 2 aliphatic heterocycles. The molecule has 3 N–H and O–H groups in total. The molecular weight excluding hydrogens is 514 g/mol. The number of carbonyl (C=O) groups excluding carboxylic acids is 1. The molecule has 38 heavy (non-hydrogen) atoms. The summed E-state index contributed by atoms with van der Waals surface area (Å²) >= 11 is 6.79. The Hall–Kier alpha value is -3.05. The van der Waals surface area contributed by atoms with Crippen molar-refractivity contribution in [2.75, 3.05) is 45.2 Å². The third-order valence-corrected chi connectivity index (χ3v) is 7.54. The van der Waals surface area contributed by atoms with E-state index in [4.69, 9.17) is 21.4 Å². The first kappa shape index (κ1) is 26.6. The van der Waals surface area contributed by atoms with Crippen LogP contribution in [0.1, 0.15) is 36.1 Å². The fourth-order valence-electron chi connectivity index (χ4n) is 5.25. The summed E-state index contributed by atoms with van der Waals surface area (Å²) in [5.74, 6) is -1.67. The number of hydrogen-bond acceptors (Lipinski definition) is 5. The van der Waals surface area contributed by atoms with Gasteiger partial charge in [-0.25, -0.2) is 18.3 Å². The minimum atomic E-state index is -0.910. The molecule has 3 atom stereocenters. The molecule has 2 amide bonds. The summed E-state index contributed by atoms with van der Waals surface area (Å²) in [4.78, 5) is 15.5. The molecule has 0 aliphatic carbocycles. The summed E-state index contributed by atoms with van der Waals surface area (Å²) < 4.78 is 34.5. The SMILES string of the molecule is COCCN1CC(NC(=O)Nc2c(Cl)c(C3CCCN3)nn2-c2ccccc2)C(c2ccc(F)c(F)c2)C1. The van der Waals surface area contributed by atoms with Crippen molar-refractivity contribution in [3.05, 3.63) is 76.4 Å². The van der Waals surface area contributed by atoms with Gasteiger partial charge in [0.15, 0.2) is 17.5 Å². The van der Waals surface area contributed by atoms with Crippen molar-refractivity contribution in [1.82, 2.24) is 25.3 Å². The monoisotopic (exact) mass is 544 g/mol. The highest BCUT2D eigenvalue weighted by Gasteiger charge is 2.36. The van der Waals surface area contributed by atoms with Gasteiger partial charge in [-0.2, -0.15) is 5.10 Å². The zero-order valence-corrected chi connectivity index (χ0v) is 21.8. The number of nitrogens with zero attached hydrogens (tertiary/aromatic N) is 3. The molecule has 0 bridgehead atoms. The van der Waals surface area contributed by atoms with E-state index in [0.717, 1.165) is 31.1 Å². The molecule has 1 aromatic heterocycles. The Morgan fingerprint density at radius 3 is 2.71 bits per heavy atom. The van der Waals surface area contributed by atoms with Gasteiger partial charge in [0.05, 0.1) is 24.4 Å². The first-order chi connectivity index (χ1) is 18.4. The molecule has 5 rings (SSSR count). The second-order valence-corrected chi connectivity index (χ2v) is 10.1. The summed E-state index contributed by atoms with van der Waals surface area (Å²) in [5, 5.41) is 14.5. The number of amides is 2. The van der Waals surface area contributed by atoms with Gasteiger partial charge in [-0.05, 0) is 49.2 Å². The standard InChI is InChI=1S/C27H31ClF2N6O2/c1-38-13-12-35-15-19(17-9-10-20(29)21(30)14-17)23(16-35)32-27(37)33-26-24(28)25(22-8-5-11-31-22)34-36(26)18-6-3-2-4-7-18/h2-4,6-7,9-10,14,19,22-23,31H,5,8,11-13,15-16H2,1H3,(H2,32,33,37). The fourth-order valence-corrected chi connectivity index (χ4v) is 5.54. The molecule has 202 valence electrons. The van der Waals surface area contributed by atoms with Crippen LogP contribution in [0.3, 0.4) is 0 Å². The van der Waals surface area contributed by atoms with Gasteiger partial charge in [0.25, 0.3) is 0 Å². The van der Waals surface area contributed by atoms with Crippen molar-refractivity contribution in [1.29, 1.82) is 0 Å². The Balaban J connectivity index is 1.39. The average Bonchev–Trinajstić information content (AvgIpc) is 3.65.